The molecular weight excluding hydrogens is 197 g/mol. The highest BCUT2D eigenvalue weighted by Gasteiger charge is 2.38. The van der Waals surface area contributed by atoms with Crippen LogP contribution in [0.1, 0.15) is 26.2 Å². The normalized spacial score (nSPS) is 27.6. The van der Waals surface area contributed by atoms with Gasteiger partial charge in [0.25, 0.3) is 0 Å². The van der Waals surface area contributed by atoms with Gasteiger partial charge < -0.3 is 9.84 Å². The van der Waals surface area contributed by atoms with E-state index in [0.717, 1.165) is 0 Å². The molecule has 5 heteroatoms. The first-order chi connectivity index (χ1) is 6.31. The van der Waals surface area contributed by atoms with Crippen LogP contribution in [0.5, 0.6) is 0 Å². The van der Waals surface area contributed by atoms with Crippen molar-refractivity contribution in [1.82, 2.24) is 0 Å². The van der Waals surface area contributed by atoms with Crippen molar-refractivity contribution in [2.24, 2.45) is 5.92 Å². The molecule has 0 amide bonds. The highest BCUT2D eigenvalue weighted by atomic mass is 19.4. The van der Waals surface area contributed by atoms with Gasteiger partial charge in [-0.1, -0.05) is 0 Å². The van der Waals surface area contributed by atoms with Gasteiger partial charge in [0.15, 0.2) is 0 Å². The summed E-state index contributed by atoms with van der Waals surface area (Å²) in [5.74, 6) is -0.162. The second kappa shape index (κ2) is 4.06. The summed E-state index contributed by atoms with van der Waals surface area (Å²) < 4.78 is 40.8. The fraction of sp³-hybridized carbons (Fsp3) is 1.00. The second-order valence-electron chi connectivity index (χ2n) is 4.03. The molecule has 1 saturated heterocycles. The van der Waals surface area contributed by atoms with Gasteiger partial charge in [-0.3, -0.25) is 0 Å². The molecule has 0 saturated carbocycles. The van der Waals surface area contributed by atoms with E-state index in [1.807, 2.05) is 0 Å². The highest BCUT2D eigenvalue weighted by molar-refractivity contribution is 4.85. The zero-order valence-corrected chi connectivity index (χ0v) is 8.10. The maximum absolute atomic E-state index is 11.9. The molecule has 2 unspecified atom stereocenters. The van der Waals surface area contributed by atoms with E-state index in [9.17, 15) is 18.3 Å². The third-order valence-corrected chi connectivity index (χ3v) is 2.72. The third-order valence-electron chi connectivity index (χ3n) is 2.72. The first-order valence-electron chi connectivity index (χ1n) is 4.68. The Morgan fingerprint density at radius 1 is 1.36 bits per heavy atom. The number of ether oxygens (including phenoxy) is 1. The van der Waals surface area contributed by atoms with Crippen molar-refractivity contribution in [1.29, 1.82) is 0 Å². The molecule has 0 radical (unpaired) electrons. The Morgan fingerprint density at radius 3 is 2.43 bits per heavy atom. The van der Waals surface area contributed by atoms with Gasteiger partial charge in [-0.25, -0.2) is 0 Å². The smallest absolute Gasteiger partial charge is 0.389 e. The summed E-state index contributed by atoms with van der Waals surface area (Å²) in [5, 5.41) is 9.80. The van der Waals surface area contributed by atoms with Crippen LogP contribution in [0.3, 0.4) is 0 Å². The first kappa shape index (κ1) is 11.8. The fourth-order valence-corrected chi connectivity index (χ4v) is 1.62. The van der Waals surface area contributed by atoms with Gasteiger partial charge in [-0.2, -0.15) is 13.2 Å². The van der Waals surface area contributed by atoms with E-state index in [0.29, 0.717) is 19.6 Å². The van der Waals surface area contributed by atoms with Gasteiger partial charge in [-0.15, -0.1) is 0 Å². The van der Waals surface area contributed by atoms with Crippen LogP contribution in [-0.2, 0) is 4.74 Å². The highest BCUT2D eigenvalue weighted by Crippen LogP contribution is 2.33. The third kappa shape index (κ3) is 3.46. The Hall–Kier alpha value is -0.290. The topological polar surface area (TPSA) is 29.5 Å². The molecule has 84 valence electrons. The van der Waals surface area contributed by atoms with Crippen molar-refractivity contribution >= 4 is 0 Å². The molecule has 2 atom stereocenters. The standard InChI is InChI=1S/C9H15F3O2/c1-8(13,3-4-9(10,11)12)7-2-5-14-6-7/h7,13H,2-6H2,1H3. The lowest BCUT2D eigenvalue weighted by molar-refractivity contribution is -0.149. The summed E-state index contributed by atoms with van der Waals surface area (Å²) >= 11 is 0. The van der Waals surface area contributed by atoms with Crippen LogP contribution in [0, 0.1) is 5.92 Å². The summed E-state index contributed by atoms with van der Waals surface area (Å²) in [4.78, 5) is 0. The summed E-state index contributed by atoms with van der Waals surface area (Å²) in [6.45, 7) is 2.36. The molecule has 0 aromatic carbocycles. The van der Waals surface area contributed by atoms with Crippen LogP contribution >= 0.6 is 0 Å². The van der Waals surface area contributed by atoms with Crippen molar-refractivity contribution in [3.63, 3.8) is 0 Å². The predicted molar refractivity (Wildman–Crippen MR) is 44.8 cm³/mol. The SMILES string of the molecule is CC(O)(CCC(F)(F)F)C1CCOC1. The molecule has 1 fully saturated rings. The molecular formula is C9H15F3O2. The molecule has 1 heterocycles. The molecule has 0 aromatic heterocycles. The molecule has 0 aliphatic carbocycles. The Labute approximate surface area is 81.1 Å². The summed E-state index contributed by atoms with van der Waals surface area (Å²) in [5.41, 5.74) is -1.26. The van der Waals surface area contributed by atoms with Crippen molar-refractivity contribution < 1.29 is 23.0 Å². The molecule has 1 aliphatic rings. The lowest BCUT2D eigenvalue weighted by Crippen LogP contribution is -2.36. The molecule has 2 nitrogen and oxygen atoms in total. The number of alkyl halides is 3. The second-order valence-corrected chi connectivity index (χ2v) is 4.03. The maximum atomic E-state index is 11.9. The molecule has 1 aliphatic heterocycles. The van der Waals surface area contributed by atoms with E-state index in [2.05, 4.69) is 0 Å². The number of hydrogen-bond donors (Lipinski definition) is 1. The van der Waals surface area contributed by atoms with E-state index < -0.39 is 18.2 Å². The minimum Gasteiger partial charge on any atom is -0.390 e. The zero-order valence-electron chi connectivity index (χ0n) is 8.10. The number of halogens is 3. The molecule has 0 spiro atoms. The van der Waals surface area contributed by atoms with Crippen LogP contribution in [-0.4, -0.2) is 30.1 Å². The van der Waals surface area contributed by atoms with Crippen LogP contribution < -0.4 is 0 Å². The van der Waals surface area contributed by atoms with Gasteiger partial charge >= 0.3 is 6.18 Å². The van der Waals surface area contributed by atoms with Crippen LogP contribution in [0.15, 0.2) is 0 Å². The molecule has 14 heavy (non-hydrogen) atoms. The molecule has 0 aromatic rings. The van der Waals surface area contributed by atoms with E-state index in [1.54, 1.807) is 0 Å². The van der Waals surface area contributed by atoms with Crippen LogP contribution in [0.4, 0.5) is 13.2 Å². The predicted octanol–water partition coefficient (Wildman–Crippen LogP) is 2.12. The maximum Gasteiger partial charge on any atom is 0.389 e. The average molecular weight is 212 g/mol. The van der Waals surface area contributed by atoms with Crippen LogP contribution in [0.25, 0.3) is 0 Å². The quantitative estimate of drug-likeness (QED) is 0.776. The number of hydrogen-bond acceptors (Lipinski definition) is 2. The molecule has 1 N–H and O–H groups in total. The van der Waals surface area contributed by atoms with E-state index in [-0.39, 0.29) is 12.3 Å². The van der Waals surface area contributed by atoms with Gasteiger partial charge in [0.05, 0.1) is 12.2 Å². The summed E-state index contributed by atoms with van der Waals surface area (Å²) in [7, 11) is 0. The Kier molecular flexibility index (Phi) is 3.42. The zero-order chi connectivity index (χ0) is 10.8. The lowest BCUT2D eigenvalue weighted by Gasteiger charge is -2.29. The summed E-state index contributed by atoms with van der Waals surface area (Å²) in [6.07, 6.45) is -4.73. The van der Waals surface area contributed by atoms with E-state index in [4.69, 9.17) is 4.74 Å². The first-order valence-corrected chi connectivity index (χ1v) is 4.68. The van der Waals surface area contributed by atoms with E-state index >= 15 is 0 Å². The Bertz CT molecular complexity index is 183. The Morgan fingerprint density at radius 2 is 2.00 bits per heavy atom. The molecule has 1 rings (SSSR count). The van der Waals surface area contributed by atoms with Gasteiger partial charge in [0, 0.05) is 18.9 Å². The largest absolute Gasteiger partial charge is 0.390 e. The van der Waals surface area contributed by atoms with Gasteiger partial charge in [0.2, 0.25) is 0 Å². The Balaban J connectivity index is 2.40. The van der Waals surface area contributed by atoms with Gasteiger partial charge in [-0.05, 0) is 19.8 Å². The van der Waals surface area contributed by atoms with Crippen LogP contribution in [0.2, 0.25) is 0 Å². The van der Waals surface area contributed by atoms with E-state index in [1.165, 1.54) is 6.92 Å². The lowest BCUT2D eigenvalue weighted by atomic mass is 9.84. The summed E-state index contributed by atoms with van der Waals surface area (Å²) in [6, 6.07) is 0. The van der Waals surface area contributed by atoms with Crippen molar-refractivity contribution in [3.8, 4) is 0 Å². The number of aliphatic hydroxyl groups is 1. The molecule has 0 bridgehead atoms. The van der Waals surface area contributed by atoms with Crippen molar-refractivity contribution in [3.05, 3.63) is 0 Å². The minimum absolute atomic E-state index is 0.162. The number of rotatable bonds is 3. The average Bonchev–Trinajstić information content (AvgIpc) is 2.52. The van der Waals surface area contributed by atoms with Crippen molar-refractivity contribution in [2.45, 2.75) is 38.0 Å². The van der Waals surface area contributed by atoms with Gasteiger partial charge in [0.1, 0.15) is 0 Å². The fourth-order valence-electron chi connectivity index (χ4n) is 1.62. The monoisotopic (exact) mass is 212 g/mol. The van der Waals surface area contributed by atoms with Crippen molar-refractivity contribution in [2.75, 3.05) is 13.2 Å². The minimum atomic E-state index is -4.19.